The zero-order valence-electron chi connectivity index (χ0n) is 28.2. The fourth-order valence-corrected chi connectivity index (χ4v) is 7.36. The Morgan fingerprint density at radius 3 is 2.38 bits per heavy atom. The molecule has 1 saturated heterocycles. The normalized spacial score (nSPS) is 19.6. The molecular formula is C36H50N4O7S. The van der Waals surface area contributed by atoms with Crippen LogP contribution < -0.4 is 14.5 Å². The Morgan fingerprint density at radius 1 is 0.938 bits per heavy atom. The van der Waals surface area contributed by atoms with Gasteiger partial charge in [0.25, 0.3) is 10.1 Å². The second-order valence-electron chi connectivity index (χ2n) is 12.6. The molecule has 3 aromatic rings. The van der Waals surface area contributed by atoms with Crippen molar-refractivity contribution in [3.05, 3.63) is 78.5 Å². The monoisotopic (exact) mass is 682 g/mol. The number of benzene rings is 2. The Balaban J connectivity index is 1.11. The third-order valence-electron chi connectivity index (χ3n) is 9.31. The maximum absolute atomic E-state index is 12.7. The number of aliphatic hydroxyl groups excluding tert-OH is 1. The molecule has 48 heavy (non-hydrogen) atoms. The van der Waals surface area contributed by atoms with E-state index >= 15 is 0 Å². The molecular weight excluding hydrogens is 632 g/mol. The van der Waals surface area contributed by atoms with Crippen LogP contribution in [-0.4, -0.2) is 103 Å². The molecule has 1 atom stereocenters. The fraction of sp³-hybridized carbons (Fsp3) is 0.528. The van der Waals surface area contributed by atoms with Gasteiger partial charge in [0.2, 0.25) is 0 Å². The Kier molecular flexibility index (Phi) is 13.5. The molecule has 1 aliphatic heterocycles. The SMILES string of the molecule is COCCOCOc1ccccc1N1CCN(CCN(c2ccccn2)[C@H](O)C2CCC(COS(=O)(=O)c3ccc(C)cc3)CC2)CC1. The van der Waals surface area contributed by atoms with E-state index in [2.05, 4.69) is 20.9 Å². The first kappa shape index (κ1) is 36.0. The number of nitrogens with zero attached hydrogens (tertiary/aromatic N) is 4. The number of ether oxygens (including phenoxy) is 3. The highest BCUT2D eigenvalue weighted by Gasteiger charge is 2.32. The zero-order valence-corrected chi connectivity index (χ0v) is 29.0. The second-order valence-corrected chi connectivity index (χ2v) is 14.2. The van der Waals surface area contributed by atoms with E-state index in [1.54, 1.807) is 37.6 Å². The maximum atomic E-state index is 12.7. The summed E-state index contributed by atoms with van der Waals surface area (Å²) < 4.78 is 47.3. The van der Waals surface area contributed by atoms with Gasteiger partial charge in [0, 0.05) is 58.5 Å². The van der Waals surface area contributed by atoms with E-state index < -0.39 is 16.3 Å². The van der Waals surface area contributed by atoms with Gasteiger partial charge in [-0.1, -0.05) is 35.9 Å². The minimum atomic E-state index is -3.79. The molecule has 1 saturated carbocycles. The average molecular weight is 683 g/mol. The molecule has 262 valence electrons. The molecule has 2 fully saturated rings. The molecule has 1 aromatic heterocycles. The molecule has 12 heteroatoms. The number of para-hydroxylation sites is 2. The fourth-order valence-electron chi connectivity index (χ4n) is 6.38. The summed E-state index contributed by atoms with van der Waals surface area (Å²) in [4.78, 5) is 11.6. The van der Waals surface area contributed by atoms with Crippen LogP contribution in [0.15, 0.2) is 77.8 Å². The number of hydrogen-bond donors (Lipinski definition) is 1. The van der Waals surface area contributed by atoms with Crippen LogP contribution in [0, 0.1) is 18.8 Å². The molecule has 5 rings (SSSR count). The van der Waals surface area contributed by atoms with Gasteiger partial charge in [-0.25, -0.2) is 4.98 Å². The molecule has 0 bridgehead atoms. The van der Waals surface area contributed by atoms with E-state index in [-0.39, 0.29) is 30.1 Å². The maximum Gasteiger partial charge on any atom is 0.296 e. The van der Waals surface area contributed by atoms with Gasteiger partial charge in [-0.3, -0.25) is 9.08 Å². The van der Waals surface area contributed by atoms with E-state index in [1.165, 1.54) is 0 Å². The summed E-state index contributed by atoms with van der Waals surface area (Å²) in [5, 5.41) is 11.7. The molecule has 0 amide bonds. The summed E-state index contributed by atoms with van der Waals surface area (Å²) in [5.74, 6) is 1.76. The largest absolute Gasteiger partial charge is 0.465 e. The third-order valence-corrected chi connectivity index (χ3v) is 10.6. The third kappa shape index (κ3) is 10.1. The summed E-state index contributed by atoms with van der Waals surface area (Å²) in [5.41, 5.74) is 2.06. The van der Waals surface area contributed by atoms with E-state index in [0.29, 0.717) is 19.8 Å². The van der Waals surface area contributed by atoms with Crippen LogP contribution in [0.5, 0.6) is 5.75 Å². The minimum absolute atomic E-state index is 0.0591. The van der Waals surface area contributed by atoms with Gasteiger partial charge in [-0.05, 0) is 74.9 Å². The molecule has 0 unspecified atom stereocenters. The van der Waals surface area contributed by atoms with Crippen molar-refractivity contribution >= 4 is 21.6 Å². The first-order chi connectivity index (χ1) is 23.3. The van der Waals surface area contributed by atoms with Gasteiger partial charge in [-0.2, -0.15) is 8.42 Å². The summed E-state index contributed by atoms with van der Waals surface area (Å²) in [6.45, 7) is 8.23. The number of aryl methyl sites for hydroxylation is 1. The lowest BCUT2D eigenvalue weighted by molar-refractivity contribution is -0.00830. The van der Waals surface area contributed by atoms with Crippen LogP contribution in [0.3, 0.4) is 0 Å². The molecule has 11 nitrogen and oxygen atoms in total. The number of aliphatic hydroxyl groups is 1. The Bertz CT molecular complexity index is 1480. The summed E-state index contributed by atoms with van der Waals surface area (Å²) in [7, 11) is -2.14. The van der Waals surface area contributed by atoms with Crippen molar-refractivity contribution in [3.63, 3.8) is 0 Å². The van der Waals surface area contributed by atoms with Gasteiger partial charge >= 0.3 is 0 Å². The van der Waals surface area contributed by atoms with Crippen LogP contribution in [-0.2, 0) is 23.8 Å². The van der Waals surface area contributed by atoms with Crippen LogP contribution in [0.4, 0.5) is 11.5 Å². The van der Waals surface area contributed by atoms with E-state index in [9.17, 15) is 13.5 Å². The van der Waals surface area contributed by atoms with E-state index in [0.717, 1.165) is 81.2 Å². The number of aromatic nitrogens is 1. The molecule has 2 heterocycles. The van der Waals surface area contributed by atoms with Gasteiger partial charge in [0.15, 0.2) is 6.79 Å². The van der Waals surface area contributed by atoms with Gasteiger partial charge in [0.05, 0.1) is 30.4 Å². The predicted octanol–water partition coefficient (Wildman–Crippen LogP) is 4.55. The number of hydrogen-bond acceptors (Lipinski definition) is 11. The second kappa shape index (κ2) is 17.9. The smallest absolute Gasteiger partial charge is 0.296 e. The van der Waals surface area contributed by atoms with Crippen LogP contribution in [0.1, 0.15) is 31.2 Å². The topological polar surface area (TPSA) is 114 Å². The van der Waals surface area contributed by atoms with Gasteiger partial charge in [0.1, 0.15) is 17.8 Å². The Morgan fingerprint density at radius 2 is 1.67 bits per heavy atom. The van der Waals surface area contributed by atoms with Crippen LogP contribution >= 0.6 is 0 Å². The number of rotatable bonds is 17. The quantitative estimate of drug-likeness (QED) is 0.123. The van der Waals surface area contributed by atoms with Crippen molar-refractivity contribution in [1.82, 2.24) is 9.88 Å². The van der Waals surface area contributed by atoms with Crippen molar-refractivity contribution in [3.8, 4) is 5.75 Å². The molecule has 1 N–H and O–H groups in total. The van der Waals surface area contributed by atoms with Crippen LogP contribution in [0.2, 0.25) is 0 Å². The average Bonchev–Trinajstić information content (AvgIpc) is 3.12. The molecule has 0 spiro atoms. The molecule has 2 aromatic carbocycles. The molecule has 0 radical (unpaired) electrons. The number of methoxy groups -OCH3 is 1. The summed E-state index contributed by atoms with van der Waals surface area (Å²) >= 11 is 0. The predicted molar refractivity (Wildman–Crippen MR) is 186 cm³/mol. The molecule has 2 aliphatic rings. The molecule has 1 aliphatic carbocycles. The summed E-state index contributed by atoms with van der Waals surface area (Å²) in [6.07, 6.45) is 4.26. The standard InChI is InChI=1S/C36H50N4O7S/c1-29-10-16-32(17-11-29)48(42,43)47-27-30-12-14-31(15-13-30)36(41)40(35-9-5-6-18-37-35)24-21-38-19-22-39(23-20-38)33-7-3-4-8-34(33)46-28-45-26-25-44-2/h3-11,16-18,30-31,36,41H,12-15,19-28H2,1-2H3/t30?,31?,36-/m1/s1. The van der Waals surface area contributed by atoms with Crippen molar-refractivity contribution in [2.75, 3.05) is 82.8 Å². The van der Waals surface area contributed by atoms with E-state index in [1.807, 2.05) is 48.2 Å². The first-order valence-corrected chi connectivity index (χ1v) is 18.3. The lowest BCUT2D eigenvalue weighted by Crippen LogP contribution is -2.51. The van der Waals surface area contributed by atoms with E-state index in [4.69, 9.17) is 18.4 Å². The lowest BCUT2D eigenvalue weighted by atomic mass is 9.81. The lowest BCUT2D eigenvalue weighted by Gasteiger charge is -2.40. The Hall–Kier alpha value is -3.26. The minimum Gasteiger partial charge on any atom is -0.465 e. The number of anilines is 2. The van der Waals surface area contributed by atoms with Crippen molar-refractivity contribution < 1.29 is 31.9 Å². The van der Waals surface area contributed by atoms with Crippen LogP contribution in [0.25, 0.3) is 0 Å². The highest BCUT2D eigenvalue weighted by atomic mass is 32.2. The first-order valence-electron chi connectivity index (χ1n) is 16.9. The van der Waals surface area contributed by atoms with Crippen molar-refractivity contribution in [2.24, 2.45) is 11.8 Å². The summed E-state index contributed by atoms with van der Waals surface area (Å²) in [6, 6.07) is 20.6. The highest BCUT2D eigenvalue weighted by Crippen LogP contribution is 2.34. The Labute approximate surface area is 285 Å². The number of piperazine rings is 1. The van der Waals surface area contributed by atoms with Gasteiger partial charge in [-0.15, -0.1) is 0 Å². The zero-order chi connectivity index (χ0) is 33.8. The number of pyridine rings is 1. The highest BCUT2D eigenvalue weighted by molar-refractivity contribution is 7.86. The van der Waals surface area contributed by atoms with Gasteiger partial charge < -0.3 is 29.1 Å². The van der Waals surface area contributed by atoms with Crippen molar-refractivity contribution in [2.45, 2.75) is 43.7 Å². The van der Waals surface area contributed by atoms with Crippen molar-refractivity contribution in [1.29, 1.82) is 0 Å².